The summed E-state index contributed by atoms with van der Waals surface area (Å²) in [6.07, 6.45) is 3.53. The van der Waals surface area contributed by atoms with Crippen molar-refractivity contribution in [1.82, 2.24) is 9.80 Å². The van der Waals surface area contributed by atoms with Gasteiger partial charge >= 0.3 is 0 Å². The minimum Gasteiger partial charge on any atom is -0.378 e. The molecule has 2 aliphatic heterocycles. The van der Waals surface area contributed by atoms with Gasteiger partial charge in [-0.25, -0.2) is 0 Å². The molecule has 0 radical (unpaired) electrons. The number of ether oxygens (including phenoxy) is 2. The Labute approximate surface area is 165 Å². The van der Waals surface area contributed by atoms with Crippen molar-refractivity contribution in [3.8, 4) is 0 Å². The van der Waals surface area contributed by atoms with Crippen molar-refractivity contribution in [1.29, 1.82) is 0 Å². The molecule has 1 aromatic rings. The molecule has 0 aromatic heterocycles. The molecule has 0 N–H and O–H groups in total. The average Bonchev–Trinajstić information content (AvgIpc) is 3.18. The SMILES string of the molecule is O=C(C(=O)N1CCOCC1)C1=C(N2CCOCC2)/C(=C/c2ccccc2)CC1. The molecule has 0 spiro atoms. The third kappa shape index (κ3) is 4.03. The molecule has 6 nitrogen and oxygen atoms in total. The maximum atomic E-state index is 13.1. The highest BCUT2D eigenvalue weighted by atomic mass is 16.5. The zero-order valence-electron chi connectivity index (χ0n) is 16.1. The molecule has 28 heavy (non-hydrogen) atoms. The number of hydrogen-bond donors (Lipinski definition) is 0. The van der Waals surface area contributed by atoms with Gasteiger partial charge in [0.1, 0.15) is 0 Å². The van der Waals surface area contributed by atoms with Gasteiger partial charge < -0.3 is 19.3 Å². The van der Waals surface area contributed by atoms with Crippen molar-refractivity contribution in [3.63, 3.8) is 0 Å². The Morgan fingerprint density at radius 1 is 0.857 bits per heavy atom. The summed E-state index contributed by atoms with van der Waals surface area (Å²) in [5, 5.41) is 0. The first kappa shape index (κ1) is 18.9. The number of rotatable bonds is 4. The number of allylic oxidation sites excluding steroid dienone is 1. The van der Waals surface area contributed by atoms with Crippen molar-refractivity contribution in [2.24, 2.45) is 0 Å². The molecule has 4 rings (SSSR count). The Kier molecular flexibility index (Phi) is 5.88. The quantitative estimate of drug-likeness (QED) is 0.744. The smallest absolute Gasteiger partial charge is 0.294 e. The molecule has 1 aliphatic carbocycles. The number of benzene rings is 1. The molecule has 6 heteroatoms. The Bertz CT molecular complexity index is 788. The van der Waals surface area contributed by atoms with Crippen LogP contribution >= 0.6 is 0 Å². The number of Topliss-reactive ketones (excluding diaryl/α,β-unsaturated/α-hetero) is 1. The highest BCUT2D eigenvalue weighted by Gasteiger charge is 2.34. The lowest BCUT2D eigenvalue weighted by atomic mass is 10.1. The molecule has 2 fully saturated rings. The fourth-order valence-corrected chi connectivity index (χ4v) is 4.02. The van der Waals surface area contributed by atoms with Gasteiger partial charge in [-0.05, 0) is 30.1 Å². The molecule has 0 atom stereocenters. The van der Waals surface area contributed by atoms with Crippen LogP contribution in [0.5, 0.6) is 0 Å². The standard InChI is InChI=1S/C22H26N2O4/c25-21(22(26)24-10-14-28-15-11-24)19-7-6-18(16-17-4-2-1-3-5-17)20(19)23-8-12-27-13-9-23/h1-5,16H,6-15H2/b18-16+. The summed E-state index contributed by atoms with van der Waals surface area (Å²) in [5.41, 5.74) is 3.84. The van der Waals surface area contributed by atoms with Crippen molar-refractivity contribution < 1.29 is 19.1 Å². The Balaban J connectivity index is 1.66. The maximum absolute atomic E-state index is 13.1. The summed E-state index contributed by atoms with van der Waals surface area (Å²) >= 11 is 0. The topological polar surface area (TPSA) is 59.1 Å². The molecule has 0 unspecified atom stereocenters. The second-order valence-electron chi connectivity index (χ2n) is 7.24. The number of morpholine rings is 2. The van der Waals surface area contributed by atoms with E-state index >= 15 is 0 Å². The minimum absolute atomic E-state index is 0.361. The van der Waals surface area contributed by atoms with Crippen LogP contribution in [0.2, 0.25) is 0 Å². The van der Waals surface area contributed by atoms with Crippen molar-refractivity contribution >= 4 is 17.8 Å². The van der Waals surface area contributed by atoms with Gasteiger partial charge in [-0.3, -0.25) is 9.59 Å². The van der Waals surface area contributed by atoms with Crippen LogP contribution < -0.4 is 0 Å². The minimum atomic E-state index is -0.398. The molecular formula is C22H26N2O4. The molecule has 2 heterocycles. The molecule has 1 aromatic carbocycles. The first-order valence-corrected chi connectivity index (χ1v) is 9.97. The largest absolute Gasteiger partial charge is 0.378 e. The van der Waals surface area contributed by atoms with E-state index in [1.54, 1.807) is 4.90 Å². The summed E-state index contributed by atoms with van der Waals surface area (Å²) < 4.78 is 10.8. The summed E-state index contributed by atoms with van der Waals surface area (Å²) in [6, 6.07) is 10.1. The number of amides is 1. The van der Waals surface area contributed by atoms with Crippen molar-refractivity contribution in [3.05, 3.63) is 52.7 Å². The van der Waals surface area contributed by atoms with Crippen LogP contribution in [0.25, 0.3) is 6.08 Å². The van der Waals surface area contributed by atoms with Gasteiger partial charge in [-0.2, -0.15) is 0 Å². The zero-order valence-corrected chi connectivity index (χ0v) is 16.1. The average molecular weight is 382 g/mol. The molecule has 0 bridgehead atoms. The monoisotopic (exact) mass is 382 g/mol. The third-order valence-electron chi connectivity index (χ3n) is 5.47. The molecule has 3 aliphatic rings. The summed E-state index contributed by atoms with van der Waals surface area (Å²) in [7, 11) is 0. The van der Waals surface area contributed by atoms with E-state index in [9.17, 15) is 9.59 Å². The second-order valence-corrected chi connectivity index (χ2v) is 7.24. The Hall–Kier alpha value is -2.44. The predicted octanol–water partition coefficient (Wildman–Crippen LogP) is 1.88. The number of nitrogens with zero attached hydrogens (tertiary/aromatic N) is 2. The van der Waals surface area contributed by atoms with Gasteiger partial charge in [0, 0.05) is 37.4 Å². The fraction of sp³-hybridized carbons (Fsp3) is 0.455. The van der Waals surface area contributed by atoms with E-state index in [-0.39, 0.29) is 5.78 Å². The van der Waals surface area contributed by atoms with E-state index in [2.05, 4.69) is 23.1 Å². The van der Waals surface area contributed by atoms with Gasteiger partial charge in [0.15, 0.2) is 0 Å². The van der Waals surface area contributed by atoms with Crippen LogP contribution in [0.1, 0.15) is 18.4 Å². The predicted molar refractivity (Wildman–Crippen MR) is 105 cm³/mol. The first-order chi connectivity index (χ1) is 13.7. The molecule has 0 saturated carbocycles. The van der Waals surface area contributed by atoms with Gasteiger partial charge in [-0.15, -0.1) is 0 Å². The van der Waals surface area contributed by atoms with E-state index in [0.29, 0.717) is 51.5 Å². The van der Waals surface area contributed by atoms with Crippen LogP contribution in [-0.4, -0.2) is 74.1 Å². The van der Waals surface area contributed by atoms with Crippen LogP contribution in [0.4, 0.5) is 0 Å². The highest BCUT2D eigenvalue weighted by molar-refractivity contribution is 6.43. The van der Waals surface area contributed by atoms with Crippen LogP contribution in [0.15, 0.2) is 47.2 Å². The molecule has 148 valence electrons. The summed E-state index contributed by atoms with van der Waals surface area (Å²) in [4.78, 5) is 29.8. The van der Waals surface area contributed by atoms with E-state index in [4.69, 9.17) is 9.47 Å². The number of hydrogen-bond acceptors (Lipinski definition) is 5. The number of ketones is 1. The van der Waals surface area contributed by atoms with Crippen LogP contribution in [-0.2, 0) is 19.1 Å². The lowest BCUT2D eigenvalue weighted by molar-refractivity contribution is -0.145. The maximum Gasteiger partial charge on any atom is 0.294 e. The van der Waals surface area contributed by atoms with Gasteiger partial charge in [0.25, 0.3) is 5.91 Å². The third-order valence-corrected chi connectivity index (χ3v) is 5.47. The van der Waals surface area contributed by atoms with Crippen LogP contribution in [0.3, 0.4) is 0 Å². The number of carbonyl (C=O) groups excluding carboxylic acids is 2. The van der Waals surface area contributed by atoms with Gasteiger partial charge in [0.2, 0.25) is 5.78 Å². The van der Waals surface area contributed by atoms with Crippen LogP contribution in [0, 0.1) is 0 Å². The lowest BCUT2D eigenvalue weighted by Gasteiger charge is -2.32. The van der Waals surface area contributed by atoms with E-state index < -0.39 is 5.91 Å². The van der Waals surface area contributed by atoms with Crippen molar-refractivity contribution in [2.45, 2.75) is 12.8 Å². The molecular weight excluding hydrogens is 356 g/mol. The fourth-order valence-electron chi connectivity index (χ4n) is 4.02. The zero-order chi connectivity index (χ0) is 19.3. The Morgan fingerprint density at radius 2 is 1.50 bits per heavy atom. The second kappa shape index (κ2) is 8.71. The van der Waals surface area contributed by atoms with E-state index in [1.807, 2.05) is 18.2 Å². The van der Waals surface area contributed by atoms with Gasteiger partial charge in [-0.1, -0.05) is 30.3 Å². The molecule has 2 saturated heterocycles. The Morgan fingerprint density at radius 3 is 2.18 bits per heavy atom. The van der Waals surface area contributed by atoms with Crippen molar-refractivity contribution in [2.75, 3.05) is 52.6 Å². The van der Waals surface area contributed by atoms with Gasteiger partial charge in [0.05, 0.1) is 26.4 Å². The highest BCUT2D eigenvalue weighted by Crippen LogP contribution is 2.36. The number of carbonyl (C=O) groups is 2. The summed E-state index contributed by atoms with van der Waals surface area (Å²) in [6.45, 7) is 4.71. The normalized spacial score (nSPS) is 22.1. The summed E-state index contributed by atoms with van der Waals surface area (Å²) in [5.74, 6) is -0.759. The van der Waals surface area contributed by atoms with E-state index in [1.165, 1.54) is 0 Å². The van der Waals surface area contributed by atoms with E-state index in [0.717, 1.165) is 36.3 Å². The lowest BCUT2D eigenvalue weighted by Crippen LogP contribution is -2.45. The molecule has 1 amide bonds. The first-order valence-electron chi connectivity index (χ1n) is 9.97.